The summed E-state index contributed by atoms with van der Waals surface area (Å²) in [6.07, 6.45) is 0.156. The van der Waals surface area contributed by atoms with E-state index in [9.17, 15) is 27.2 Å². The van der Waals surface area contributed by atoms with Gasteiger partial charge in [-0.2, -0.15) is 0 Å². The summed E-state index contributed by atoms with van der Waals surface area (Å²) in [5, 5.41) is 8.11. The molecule has 128 valence electrons. The fraction of sp³-hybridized carbons (Fsp3) is 0.0588. The predicted molar refractivity (Wildman–Crippen MR) is 80.6 cm³/mol. The Kier molecular flexibility index (Phi) is 4.03. The molecule has 0 atom stereocenters. The summed E-state index contributed by atoms with van der Waals surface area (Å²) >= 11 is 0. The van der Waals surface area contributed by atoms with Crippen LogP contribution in [0.1, 0.15) is 21.5 Å². The second-order valence-electron chi connectivity index (χ2n) is 5.30. The highest BCUT2D eigenvalue weighted by molar-refractivity contribution is 5.92. The molecule has 0 radical (unpaired) electrons. The highest BCUT2D eigenvalue weighted by Gasteiger charge is 2.21. The molecule has 3 rings (SSSR count). The van der Waals surface area contributed by atoms with Gasteiger partial charge < -0.3 is 10.1 Å². The van der Waals surface area contributed by atoms with Crippen molar-refractivity contribution < 1.29 is 27.5 Å². The van der Waals surface area contributed by atoms with Gasteiger partial charge in [0.1, 0.15) is 23.0 Å². The second-order valence-corrected chi connectivity index (χ2v) is 5.30. The normalized spacial score (nSPS) is 11.0. The molecular weight excluding hydrogens is 342 g/mol. The van der Waals surface area contributed by atoms with E-state index in [1.54, 1.807) is 0 Å². The van der Waals surface area contributed by atoms with Crippen molar-refractivity contribution >= 4 is 16.9 Å². The van der Waals surface area contributed by atoms with Crippen molar-refractivity contribution in [3.05, 3.63) is 80.6 Å². The van der Waals surface area contributed by atoms with Crippen molar-refractivity contribution in [1.82, 2.24) is 4.98 Å². The van der Waals surface area contributed by atoms with E-state index >= 15 is 0 Å². The van der Waals surface area contributed by atoms with Crippen LogP contribution >= 0.6 is 0 Å². The first kappa shape index (κ1) is 16.7. The number of aromatic nitrogens is 1. The number of carbonyl (C=O) groups is 1. The molecule has 0 fully saturated rings. The van der Waals surface area contributed by atoms with E-state index in [4.69, 9.17) is 5.11 Å². The van der Waals surface area contributed by atoms with E-state index in [2.05, 4.69) is 4.98 Å². The Labute approximate surface area is 137 Å². The molecule has 0 spiro atoms. The van der Waals surface area contributed by atoms with Gasteiger partial charge in [-0.05, 0) is 23.8 Å². The van der Waals surface area contributed by atoms with Crippen LogP contribution in [0.3, 0.4) is 0 Å². The number of benzene rings is 2. The standard InChI is InChI=1S/C17H9F4NO3/c18-10-2-1-3-11(19)8(10)4-7-5-12(20)13-15(14(7)21)22-6-9(16(13)23)17(24)25/h1-3,5-6H,4H2,(H,22,23)(H,24,25). The molecule has 25 heavy (non-hydrogen) atoms. The molecular formula is C17H9F4NO3. The first-order chi connectivity index (χ1) is 11.8. The summed E-state index contributed by atoms with van der Waals surface area (Å²) in [7, 11) is 0. The van der Waals surface area contributed by atoms with Crippen LogP contribution in [0.25, 0.3) is 10.9 Å². The van der Waals surface area contributed by atoms with Gasteiger partial charge in [0.2, 0.25) is 5.43 Å². The van der Waals surface area contributed by atoms with Crippen LogP contribution in [0.15, 0.2) is 35.3 Å². The van der Waals surface area contributed by atoms with Crippen molar-refractivity contribution in [3.8, 4) is 0 Å². The maximum atomic E-state index is 14.6. The largest absolute Gasteiger partial charge is 0.477 e. The molecule has 2 N–H and O–H groups in total. The number of carboxylic acid groups (broad SMARTS) is 1. The third kappa shape index (κ3) is 2.75. The van der Waals surface area contributed by atoms with Crippen LogP contribution in [0, 0.1) is 23.3 Å². The number of aromatic carboxylic acids is 1. The Morgan fingerprint density at radius 2 is 1.72 bits per heavy atom. The minimum absolute atomic E-state index is 0.382. The SMILES string of the molecule is O=C(O)c1c[nH]c2c(F)c(Cc3c(F)cccc3F)cc(F)c2c1=O. The number of carboxylic acids is 1. The van der Waals surface area contributed by atoms with Gasteiger partial charge in [-0.25, -0.2) is 22.4 Å². The zero-order chi connectivity index (χ0) is 18.3. The maximum absolute atomic E-state index is 14.6. The number of hydrogen-bond donors (Lipinski definition) is 2. The van der Waals surface area contributed by atoms with Crippen LogP contribution in [0.2, 0.25) is 0 Å². The predicted octanol–water partition coefficient (Wildman–Crippen LogP) is 3.37. The van der Waals surface area contributed by atoms with Gasteiger partial charge >= 0.3 is 5.97 Å². The molecule has 0 aliphatic heterocycles. The fourth-order valence-electron chi connectivity index (χ4n) is 2.56. The fourth-order valence-corrected chi connectivity index (χ4v) is 2.56. The molecule has 0 unspecified atom stereocenters. The summed E-state index contributed by atoms with van der Waals surface area (Å²) in [4.78, 5) is 25.1. The highest BCUT2D eigenvalue weighted by atomic mass is 19.1. The lowest BCUT2D eigenvalue weighted by Crippen LogP contribution is -2.17. The van der Waals surface area contributed by atoms with Gasteiger partial charge in [-0.3, -0.25) is 4.79 Å². The van der Waals surface area contributed by atoms with Crippen molar-refractivity contribution in [1.29, 1.82) is 0 Å². The number of H-pyrrole nitrogens is 1. The van der Waals surface area contributed by atoms with Gasteiger partial charge in [-0.1, -0.05) is 6.07 Å². The third-order valence-corrected chi connectivity index (χ3v) is 3.78. The van der Waals surface area contributed by atoms with Crippen LogP contribution < -0.4 is 5.43 Å². The maximum Gasteiger partial charge on any atom is 0.341 e. The van der Waals surface area contributed by atoms with E-state index in [1.807, 2.05) is 0 Å². The number of pyridine rings is 1. The van der Waals surface area contributed by atoms with Gasteiger partial charge in [0.25, 0.3) is 0 Å². The third-order valence-electron chi connectivity index (χ3n) is 3.78. The molecule has 0 bridgehead atoms. The highest BCUT2D eigenvalue weighted by Crippen LogP contribution is 2.25. The van der Waals surface area contributed by atoms with Crippen molar-refractivity contribution in [2.45, 2.75) is 6.42 Å². The van der Waals surface area contributed by atoms with Gasteiger partial charge in [0, 0.05) is 18.2 Å². The van der Waals surface area contributed by atoms with Crippen molar-refractivity contribution in [2.75, 3.05) is 0 Å². The van der Waals surface area contributed by atoms with Crippen molar-refractivity contribution in [2.24, 2.45) is 0 Å². The summed E-state index contributed by atoms with van der Waals surface area (Å²) in [5.41, 5.74) is -3.35. The Morgan fingerprint density at radius 3 is 2.32 bits per heavy atom. The van der Waals surface area contributed by atoms with Crippen LogP contribution in [0.4, 0.5) is 17.6 Å². The molecule has 0 saturated heterocycles. The zero-order valence-corrected chi connectivity index (χ0v) is 12.4. The first-order valence-corrected chi connectivity index (χ1v) is 6.99. The first-order valence-electron chi connectivity index (χ1n) is 6.99. The van der Waals surface area contributed by atoms with Crippen LogP contribution in [-0.2, 0) is 6.42 Å². The number of rotatable bonds is 3. The summed E-state index contributed by atoms with van der Waals surface area (Å²) in [5.74, 6) is -5.72. The average Bonchev–Trinajstić information content (AvgIpc) is 2.54. The second kappa shape index (κ2) is 6.04. The average molecular weight is 351 g/mol. The number of fused-ring (bicyclic) bond motifs is 1. The lowest BCUT2D eigenvalue weighted by atomic mass is 10.0. The number of aromatic amines is 1. The molecule has 1 heterocycles. The van der Waals surface area contributed by atoms with Gasteiger partial charge in [0.15, 0.2) is 5.82 Å². The van der Waals surface area contributed by atoms with Crippen molar-refractivity contribution in [3.63, 3.8) is 0 Å². The number of hydrogen-bond acceptors (Lipinski definition) is 2. The van der Waals surface area contributed by atoms with Gasteiger partial charge in [0.05, 0.1) is 10.9 Å². The van der Waals surface area contributed by atoms with Crippen LogP contribution in [-0.4, -0.2) is 16.1 Å². The molecule has 3 aromatic rings. The molecule has 8 heteroatoms. The Bertz CT molecular complexity index is 1060. The Hall–Kier alpha value is -3.16. The molecule has 0 amide bonds. The van der Waals surface area contributed by atoms with Crippen LogP contribution in [0.5, 0.6) is 0 Å². The summed E-state index contributed by atoms with van der Waals surface area (Å²) < 4.78 is 56.3. The van der Waals surface area contributed by atoms with Gasteiger partial charge in [-0.15, -0.1) is 0 Å². The molecule has 1 aromatic heterocycles. The quantitative estimate of drug-likeness (QED) is 0.711. The van der Waals surface area contributed by atoms with E-state index in [0.717, 1.165) is 24.4 Å². The molecule has 0 aliphatic rings. The van der Waals surface area contributed by atoms with E-state index in [1.165, 1.54) is 0 Å². The Morgan fingerprint density at radius 1 is 1.08 bits per heavy atom. The number of nitrogens with one attached hydrogen (secondary N) is 1. The monoisotopic (exact) mass is 351 g/mol. The topological polar surface area (TPSA) is 70.2 Å². The molecule has 0 saturated carbocycles. The van der Waals surface area contributed by atoms with E-state index in [-0.39, 0.29) is 5.56 Å². The summed E-state index contributed by atoms with van der Waals surface area (Å²) in [6, 6.07) is 3.73. The summed E-state index contributed by atoms with van der Waals surface area (Å²) in [6.45, 7) is 0. The minimum atomic E-state index is -1.60. The number of halogens is 4. The smallest absolute Gasteiger partial charge is 0.341 e. The Balaban J connectivity index is 2.23. The molecule has 2 aromatic carbocycles. The minimum Gasteiger partial charge on any atom is -0.477 e. The zero-order valence-electron chi connectivity index (χ0n) is 12.4. The molecule has 4 nitrogen and oxygen atoms in total. The van der Waals surface area contributed by atoms with E-state index < -0.39 is 63.1 Å². The van der Waals surface area contributed by atoms with E-state index in [0.29, 0.717) is 6.07 Å². The molecule has 0 aliphatic carbocycles. The lowest BCUT2D eigenvalue weighted by molar-refractivity contribution is 0.0695. The lowest BCUT2D eigenvalue weighted by Gasteiger charge is -2.10.